The molecule has 0 radical (unpaired) electrons. The van der Waals surface area contributed by atoms with E-state index in [1.807, 2.05) is 6.08 Å². The van der Waals surface area contributed by atoms with Crippen LogP contribution >= 0.6 is 0 Å². The van der Waals surface area contributed by atoms with Crippen LogP contribution in [0.25, 0.3) is 0 Å². The molecule has 2 unspecified atom stereocenters. The zero-order valence-electron chi connectivity index (χ0n) is 23.9. The Morgan fingerprint density at radius 1 is 1.35 bits per heavy atom. The highest BCUT2D eigenvalue weighted by Gasteiger charge is 2.34. The number of hydrogen-bond donors (Lipinski definition) is 0. The lowest BCUT2D eigenvalue weighted by molar-refractivity contribution is -0.116. The number of ether oxygens (including phenoxy) is 2. The predicted molar refractivity (Wildman–Crippen MR) is 159 cm³/mol. The summed E-state index contributed by atoms with van der Waals surface area (Å²) in [7, 11) is 3.37. The number of alkyl halides is 1. The number of carbonyl (C=O) groups is 1. The average molecular weight is 564 g/mol. The first-order valence-electron chi connectivity index (χ1n) is 14.6. The lowest BCUT2D eigenvalue weighted by Gasteiger charge is -2.31. The number of ketones is 1. The summed E-state index contributed by atoms with van der Waals surface area (Å²) in [6.45, 7) is 4.27. The highest BCUT2D eigenvalue weighted by molar-refractivity contribution is 6.43. The van der Waals surface area contributed by atoms with Crippen LogP contribution in [0, 0.1) is 35.0 Å². The van der Waals surface area contributed by atoms with Gasteiger partial charge in [-0.25, -0.2) is 4.39 Å². The Morgan fingerprint density at radius 2 is 2.20 bits per heavy atom. The van der Waals surface area contributed by atoms with E-state index in [1.54, 1.807) is 29.1 Å². The molecule has 40 heavy (non-hydrogen) atoms. The summed E-state index contributed by atoms with van der Waals surface area (Å²) in [5.74, 6) is 1.64. The van der Waals surface area contributed by atoms with E-state index in [9.17, 15) is 14.4 Å². The van der Waals surface area contributed by atoms with E-state index < -0.39 is 6.17 Å². The normalized spacial score (nSPS) is 29.2. The number of nitriles is 1. The fourth-order valence-electron chi connectivity index (χ4n) is 6.13. The molecular weight excluding hydrogens is 521 g/mol. The van der Waals surface area contributed by atoms with Crippen molar-refractivity contribution < 1.29 is 18.7 Å². The molecule has 0 aromatic heterocycles. The van der Waals surface area contributed by atoms with Gasteiger partial charge in [0.15, 0.2) is 5.78 Å². The van der Waals surface area contributed by atoms with Crippen molar-refractivity contribution in [3.05, 3.63) is 53.1 Å². The third-order valence-electron chi connectivity index (χ3n) is 8.66. The first-order chi connectivity index (χ1) is 19.4. The first-order valence-corrected chi connectivity index (χ1v) is 15.3. The highest BCUT2D eigenvalue weighted by Crippen LogP contribution is 2.33. The van der Waals surface area contributed by atoms with Gasteiger partial charge in [-0.05, 0) is 89.9 Å². The van der Waals surface area contributed by atoms with Gasteiger partial charge in [-0.15, -0.1) is 0 Å². The minimum absolute atomic E-state index is 0.0413. The quantitative estimate of drug-likeness (QED) is 0.186. The summed E-state index contributed by atoms with van der Waals surface area (Å²) in [5.41, 5.74) is 5.64. The molecule has 5 atom stereocenters. The molecule has 8 heteroatoms. The van der Waals surface area contributed by atoms with Gasteiger partial charge in [0.1, 0.15) is 12.0 Å². The molecule has 1 saturated heterocycles. The Kier molecular flexibility index (Phi) is 11.1. The van der Waals surface area contributed by atoms with Crippen LogP contribution in [0.1, 0.15) is 58.3 Å². The number of nitrogens with zero attached hydrogens (tertiary/aromatic N) is 3. The van der Waals surface area contributed by atoms with Gasteiger partial charge < -0.3 is 14.4 Å². The van der Waals surface area contributed by atoms with Crippen LogP contribution in [0.15, 0.2) is 58.1 Å². The summed E-state index contributed by atoms with van der Waals surface area (Å²) in [5, 5.41) is 10.7. The van der Waals surface area contributed by atoms with Gasteiger partial charge in [-0.2, -0.15) is 10.3 Å². The summed E-state index contributed by atoms with van der Waals surface area (Å²) in [6.07, 6.45) is 14.6. The zero-order chi connectivity index (χ0) is 28.5. The van der Waals surface area contributed by atoms with E-state index in [2.05, 4.69) is 35.8 Å². The van der Waals surface area contributed by atoms with E-state index in [4.69, 9.17) is 14.5 Å². The van der Waals surface area contributed by atoms with Crippen molar-refractivity contribution in [2.45, 2.75) is 64.5 Å². The monoisotopic (exact) mass is 563 g/mol. The topological polar surface area (TPSA) is 74.9 Å². The molecule has 2 heterocycles. The van der Waals surface area contributed by atoms with Crippen LogP contribution in [-0.2, 0) is 14.3 Å². The molecule has 4 rings (SSSR count). The second kappa shape index (κ2) is 14.7. The van der Waals surface area contributed by atoms with E-state index in [0.717, 1.165) is 36.7 Å². The SMILES string of the molecule is COC/C=C/C(=O)C1CCN(C2=NC(OC[C@H]3C[C@@H](F)CCC3C)=C=CC3=C2CCC=CC3)C[C@H](CC#N)C1=[SiH2]. The number of halogens is 1. The molecule has 0 spiro atoms. The minimum Gasteiger partial charge on any atom is -0.471 e. The molecule has 1 saturated carbocycles. The molecule has 0 aromatic carbocycles. The maximum atomic E-state index is 14.1. The van der Waals surface area contributed by atoms with Crippen LogP contribution in [0.2, 0.25) is 0 Å². The number of rotatable bonds is 8. The lowest BCUT2D eigenvalue weighted by Crippen LogP contribution is -2.37. The Labute approximate surface area is 241 Å². The molecule has 0 N–H and O–H groups in total. The second-order valence-corrected chi connectivity index (χ2v) is 12.2. The molecule has 214 valence electrons. The molecule has 0 amide bonds. The molecule has 6 nitrogen and oxygen atoms in total. The zero-order valence-corrected chi connectivity index (χ0v) is 25.3. The average Bonchev–Trinajstić information content (AvgIpc) is 3.34. The Hall–Kier alpha value is -2.85. The maximum Gasteiger partial charge on any atom is 0.262 e. The van der Waals surface area contributed by atoms with Gasteiger partial charge >= 0.3 is 0 Å². The third-order valence-corrected chi connectivity index (χ3v) is 9.73. The van der Waals surface area contributed by atoms with Crippen LogP contribution in [0.4, 0.5) is 4.39 Å². The van der Waals surface area contributed by atoms with Crippen molar-refractivity contribution in [3.8, 4) is 6.07 Å². The summed E-state index contributed by atoms with van der Waals surface area (Å²) in [6, 6.07) is 2.35. The Balaban J connectivity index is 1.61. The smallest absolute Gasteiger partial charge is 0.262 e. The summed E-state index contributed by atoms with van der Waals surface area (Å²) >= 11 is 0. The van der Waals surface area contributed by atoms with E-state index in [-0.39, 0.29) is 23.5 Å². The number of carbonyl (C=O) groups excluding carboxylic acids is 1. The third kappa shape index (κ3) is 7.66. The van der Waals surface area contributed by atoms with Crippen LogP contribution in [-0.4, -0.2) is 71.1 Å². The van der Waals surface area contributed by atoms with Gasteiger partial charge in [0.2, 0.25) is 0 Å². The molecular formula is C32H42FN3O3Si. The molecule has 0 bridgehead atoms. The van der Waals surface area contributed by atoms with Gasteiger partial charge in [-0.1, -0.05) is 36.1 Å². The predicted octanol–water partition coefficient (Wildman–Crippen LogP) is 4.65. The van der Waals surface area contributed by atoms with Crippen LogP contribution in [0.3, 0.4) is 0 Å². The first kappa shape index (κ1) is 30.1. The maximum absolute atomic E-state index is 14.1. The molecule has 2 aliphatic carbocycles. The molecule has 2 aliphatic heterocycles. The molecule has 2 fully saturated rings. The van der Waals surface area contributed by atoms with Crippen LogP contribution < -0.4 is 0 Å². The van der Waals surface area contributed by atoms with Crippen molar-refractivity contribution in [1.29, 1.82) is 5.26 Å². The number of likely N-dealkylation sites (tertiary alicyclic amines) is 1. The van der Waals surface area contributed by atoms with Crippen molar-refractivity contribution in [2.75, 3.05) is 33.4 Å². The van der Waals surface area contributed by atoms with Crippen molar-refractivity contribution in [1.82, 2.24) is 4.90 Å². The van der Waals surface area contributed by atoms with Gasteiger partial charge in [0.05, 0.1) is 19.3 Å². The number of hydrogen-bond acceptors (Lipinski definition) is 6. The lowest BCUT2D eigenvalue weighted by atomic mass is 9.80. The van der Waals surface area contributed by atoms with Crippen molar-refractivity contribution in [3.63, 3.8) is 0 Å². The highest BCUT2D eigenvalue weighted by atomic mass is 28.1. The standard InChI is InChI=1S/C32H42FN3O3Si/c1-22-10-12-26(33)19-25(22)21-39-30-13-11-23-7-4-3-5-8-27(23)32(35-30)36-17-15-28(29(37)9-6-18-38-2)31(40)24(20-36)14-16-34/h3-4,6,9,11,22,24-26,28H,5,7-8,10,12,14-15,17-21,40H2,1-2H3/b9-6+/t22?,24-,25+,26-,28?/m0/s1. The largest absolute Gasteiger partial charge is 0.471 e. The second-order valence-electron chi connectivity index (χ2n) is 11.4. The fourth-order valence-corrected chi connectivity index (χ4v) is 6.81. The minimum atomic E-state index is -0.763. The Morgan fingerprint density at radius 3 is 3.00 bits per heavy atom. The van der Waals surface area contributed by atoms with E-state index >= 15 is 0 Å². The summed E-state index contributed by atoms with van der Waals surface area (Å²) in [4.78, 5) is 20.5. The van der Waals surface area contributed by atoms with Crippen molar-refractivity contribution in [2.24, 2.45) is 28.7 Å². The number of amidine groups is 1. The van der Waals surface area contributed by atoms with Gasteiger partial charge in [0, 0.05) is 38.5 Å². The van der Waals surface area contributed by atoms with Gasteiger partial charge in [0.25, 0.3) is 5.88 Å². The fraction of sp³-hybridized carbons (Fsp3) is 0.594. The van der Waals surface area contributed by atoms with Gasteiger partial charge in [-0.3, -0.25) is 4.79 Å². The Bertz CT molecular complexity index is 1190. The molecule has 4 aliphatic rings. The van der Waals surface area contributed by atoms with Crippen LogP contribution in [0.5, 0.6) is 0 Å². The number of allylic oxidation sites excluding steroid dienone is 5. The summed E-state index contributed by atoms with van der Waals surface area (Å²) < 4.78 is 25.5. The van der Waals surface area contributed by atoms with Crippen molar-refractivity contribution >= 4 is 26.6 Å². The molecule has 0 aromatic rings. The number of aliphatic imine (C=N–C) groups is 1. The van der Waals surface area contributed by atoms with E-state index in [1.165, 1.54) is 11.1 Å². The van der Waals surface area contributed by atoms with E-state index in [0.29, 0.717) is 63.8 Å². The number of methoxy groups -OCH3 is 1.